The third-order valence-corrected chi connectivity index (χ3v) is 2.18. The molecule has 1 aliphatic rings. The Morgan fingerprint density at radius 1 is 1.75 bits per heavy atom. The Hall–Kier alpha value is -0.640. The Balaban J connectivity index is 2.45. The normalized spacial score (nSPS) is 22.6. The van der Waals surface area contributed by atoms with Gasteiger partial charge in [-0.05, 0) is 26.2 Å². The van der Waals surface area contributed by atoms with E-state index in [0.717, 1.165) is 6.42 Å². The van der Waals surface area contributed by atoms with Crippen molar-refractivity contribution >= 4 is 5.97 Å². The number of aliphatic hydroxyl groups is 1. The number of rotatable bonds is 3. The molecule has 0 spiro atoms. The van der Waals surface area contributed by atoms with Gasteiger partial charge in [-0.25, -0.2) is 9.18 Å². The van der Waals surface area contributed by atoms with Gasteiger partial charge >= 0.3 is 5.97 Å². The van der Waals surface area contributed by atoms with Crippen molar-refractivity contribution in [2.24, 2.45) is 0 Å². The summed E-state index contributed by atoms with van der Waals surface area (Å²) in [5.74, 6) is -0.945. The van der Waals surface area contributed by atoms with E-state index in [1.165, 1.54) is 0 Å². The van der Waals surface area contributed by atoms with Crippen molar-refractivity contribution in [1.82, 2.24) is 0 Å². The van der Waals surface area contributed by atoms with Crippen molar-refractivity contribution in [3.05, 3.63) is 0 Å². The van der Waals surface area contributed by atoms with Gasteiger partial charge in [-0.3, -0.25) is 0 Å². The minimum absolute atomic E-state index is 0.148. The summed E-state index contributed by atoms with van der Waals surface area (Å²) in [6.45, 7) is 1.75. The number of carbonyl (C=O) groups is 1. The number of hydrogen-bond donors (Lipinski definition) is 1. The van der Waals surface area contributed by atoms with Gasteiger partial charge in [0.05, 0.1) is 6.61 Å². The monoisotopic (exact) mass is 176 g/mol. The van der Waals surface area contributed by atoms with E-state index in [-0.39, 0.29) is 6.61 Å². The minimum Gasteiger partial charge on any atom is -0.464 e. The van der Waals surface area contributed by atoms with Gasteiger partial charge in [0.2, 0.25) is 6.17 Å². The van der Waals surface area contributed by atoms with E-state index < -0.39 is 17.7 Å². The lowest BCUT2D eigenvalue weighted by molar-refractivity contribution is -0.168. The van der Waals surface area contributed by atoms with Crippen LogP contribution in [0.2, 0.25) is 0 Å². The maximum atomic E-state index is 13.1. The first-order valence-corrected chi connectivity index (χ1v) is 4.13. The molecule has 1 fully saturated rings. The summed E-state index contributed by atoms with van der Waals surface area (Å²) in [7, 11) is 0. The van der Waals surface area contributed by atoms with Crippen LogP contribution in [0.25, 0.3) is 0 Å². The summed E-state index contributed by atoms with van der Waals surface area (Å²) < 4.78 is 17.5. The van der Waals surface area contributed by atoms with Gasteiger partial charge < -0.3 is 9.84 Å². The van der Waals surface area contributed by atoms with Crippen molar-refractivity contribution in [3.8, 4) is 0 Å². The molecule has 0 amide bonds. The van der Waals surface area contributed by atoms with Crippen LogP contribution >= 0.6 is 0 Å². The second kappa shape index (κ2) is 3.39. The van der Waals surface area contributed by atoms with Crippen LogP contribution in [0.15, 0.2) is 0 Å². The highest BCUT2D eigenvalue weighted by Crippen LogP contribution is 2.36. The summed E-state index contributed by atoms with van der Waals surface area (Å²) in [4.78, 5) is 10.8. The summed E-state index contributed by atoms with van der Waals surface area (Å²) in [5.41, 5.74) is -1.44. The third kappa shape index (κ3) is 1.58. The number of alkyl halides is 1. The fourth-order valence-electron chi connectivity index (χ4n) is 1.23. The summed E-state index contributed by atoms with van der Waals surface area (Å²) in [6.07, 6.45) is -0.387. The molecule has 0 radical (unpaired) electrons. The van der Waals surface area contributed by atoms with Crippen molar-refractivity contribution in [2.45, 2.75) is 38.0 Å². The molecular weight excluding hydrogens is 163 g/mol. The molecule has 4 heteroatoms. The molecule has 1 N–H and O–H groups in total. The number of esters is 1. The highest BCUT2D eigenvalue weighted by atomic mass is 19.1. The zero-order chi connectivity index (χ0) is 9.19. The largest absolute Gasteiger partial charge is 0.464 e. The molecule has 3 nitrogen and oxygen atoms in total. The van der Waals surface area contributed by atoms with E-state index in [4.69, 9.17) is 0 Å². The molecular formula is C8H13FO3. The maximum absolute atomic E-state index is 13.1. The van der Waals surface area contributed by atoms with Crippen molar-refractivity contribution in [3.63, 3.8) is 0 Å². The van der Waals surface area contributed by atoms with Crippen LogP contribution in [0, 0.1) is 0 Å². The van der Waals surface area contributed by atoms with E-state index in [1.807, 2.05) is 0 Å². The second-order valence-corrected chi connectivity index (χ2v) is 3.07. The van der Waals surface area contributed by atoms with Crippen LogP contribution in [0.5, 0.6) is 0 Å². The lowest BCUT2D eigenvalue weighted by atomic mass is 9.77. The molecule has 0 heterocycles. The Kier molecular flexibility index (Phi) is 2.67. The van der Waals surface area contributed by atoms with E-state index in [1.54, 1.807) is 6.92 Å². The first-order valence-electron chi connectivity index (χ1n) is 4.13. The van der Waals surface area contributed by atoms with Crippen LogP contribution in [-0.4, -0.2) is 29.5 Å². The number of carbonyl (C=O) groups excluding carboxylic acids is 1. The van der Waals surface area contributed by atoms with Gasteiger partial charge in [-0.1, -0.05) is 0 Å². The van der Waals surface area contributed by atoms with Gasteiger partial charge in [0.15, 0.2) is 0 Å². The first-order chi connectivity index (χ1) is 5.60. The molecule has 0 aromatic carbocycles. The molecule has 1 saturated carbocycles. The van der Waals surface area contributed by atoms with E-state index in [9.17, 15) is 14.3 Å². The molecule has 0 aliphatic heterocycles. The molecule has 0 aromatic rings. The van der Waals surface area contributed by atoms with E-state index in [2.05, 4.69) is 4.74 Å². The highest BCUT2D eigenvalue weighted by molar-refractivity contribution is 5.76. The lowest BCUT2D eigenvalue weighted by Gasteiger charge is -2.37. The average Bonchev–Trinajstić information content (AvgIpc) is 1.99. The SMILES string of the molecule is CCOC(=O)C(F)C1(O)CCC1. The Morgan fingerprint density at radius 2 is 2.33 bits per heavy atom. The fraction of sp³-hybridized carbons (Fsp3) is 0.875. The average molecular weight is 176 g/mol. The Bertz CT molecular complexity index is 177. The second-order valence-electron chi connectivity index (χ2n) is 3.07. The van der Waals surface area contributed by atoms with E-state index in [0.29, 0.717) is 12.8 Å². The predicted molar refractivity (Wildman–Crippen MR) is 40.3 cm³/mol. The van der Waals surface area contributed by atoms with Gasteiger partial charge in [0.1, 0.15) is 5.60 Å². The van der Waals surface area contributed by atoms with Crippen LogP contribution < -0.4 is 0 Å². The zero-order valence-corrected chi connectivity index (χ0v) is 7.05. The first kappa shape index (κ1) is 9.45. The molecule has 1 aliphatic carbocycles. The van der Waals surface area contributed by atoms with E-state index >= 15 is 0 Å². The number of hydrogen-bond acceptors (Lipinski definition) is 3. The smallest absolute Gasteiger partial charge is 0.343 e. The lowest BCUT2D eigenvalue weighted by Crippen LogP contribution is -2.50. The summed E-state index contributed by atoms with van der Waals surface area (Å²) in [5, 5.41) is 9.40. The maximum Gasteiger partial charge on any atom is 0.343 e. The number of ether oxygens (including phenoxy) is 1. The van der Waals surface area contributed by atoms with Crippen LogP contribution in [0.1, 0.15) is 26.2 Å². The molecule has 1 atom stereocenters. The van der Waals surface area contributed by atoms with Gasteiger partial charge in [0.25, 0.3) is 0 Å². The highest BCUT2D eigenvalue weighted by Gasteiger charge is 2.47. The van der Waals surface area contributed by atoms with Crippen molar-refractivity contribution < 1.29 is 19.0 Å². The summed E-state index contributed by atoms with van der Waals surface area (Å²) in [6, 6.07) is 0. The van der Waals surface area contributed by atoms with Crippen LogP contribution in [0.3, 0.4) is 0 Å². The molecule has 1 rings (SSSR count). The minimum atomic E-state index is -1.87. The van der Waals surface area contributed by atoms with Gasteiger partial charge in [-0.2, -0.15) is 0 Å². The molecule has 0 bridgehead atoms. The van der Waals surface area contributed by atoms with Crippen LogP contribution in [0.4, 0.5) is 4.39 Å². The quantitative estimate of drug-likeness (QED) is 0.647. The van der Waals surface area contributed by atoms with Crippen molar-refractivity contribution in [2.75, 3.05) is 6.61 Å². The predicted octanol–water partition coefficient (Wildman–Crippen LogP) is 0.803. The number of halogens is 1. The molecule has 0 aromatic heterocycles. The third-order valence-electron chi connectivity index (χ3n) is 2.18. The molecule has 70 valence electrons. The molecule has 12 heavy (non-hydrogen) atoms. The topological polar surface area (TPSA) is 46.5 Å². The van der Waals surface area contributed by atoms with Gasteiger partial charge in [-0.15, -0.1) is 0 Å². The molecule has 1 unspecified atom stereocenters. The summed E-state index contributed by atoms with van der Waals surface area (Å²) >= 11 is 0. The Labute approximate surface area is 70.5 Å². The fourth-order valence-corrected chi connectivity index (χ4v) is 1.23. The van der Waals surface area contributed by atoms with Crippen LogP contribution in [-0.2, 0) is 9.53 Å². The standard InChI is InChI=1S/C8H13FO3/c1-2-12-7(10)6(9)8(11)4-3-5-8/h6,11H,2-5H2,1H3. The zero-order valence-electron chi connectivity index (χ0n) is 7.05. The Morgan fingerprint density at radius 3 is 2.67 bits per heavy atom. The van der Waals surface area contributed by atoms with Gasteiger partial charge in [0, 0.05) is 0 Å². The van der Waals surface area contributed by atoms with Crippen molar-refractivity contribution in [1.29, 1.82) is 0 Å². The molecule has 0 saturated heterocycles.